The van der Waals surface area contributed by atoms with Crippen LogP contribution in [0, 0.1) is 0 Å². The van der Waals surface area contributed by atoms with Crippen LogP contribution in [0.4, 0.5) is 0 Å². The molecule has 2 aromatic carbocycles. The molecular formula is C20H19NO6. The second-order valence-corrected chi connectivity index (χ2v) is 5.54. The highest BCUT2D eigenvalue weighted by Gasteiger charge is 2.11. The molecule has 0 aliphatic carbocycles. The van der Waals surface area contributed by atoms with Crippen molar-refractivity contribution in [2.75, 3.05) is 20.8 Å². The maximum atomic E-state index is 11.9. The Balaban J connectivity index is 1.51. The fraction of sp³-hybridized carbons (Fsp3) is 0.200. The number of rotatable bonds is 8. The van der Waals surface area contributed by atoms with Crippen LogP contribution < -0.4 is 14.2 Å². The Kier molecular flexibility index (Phi) is 5.94. The van der Waals surface area contributed by atoms with Crippen LogP contribution in [-0.4, -0.2) is 32.0 Å². The van der Waals surface area contributed by atoms with E-state index in [1.807, 2.05) is 24.3 Å². The average Bonchev–Trinajstić information content (AvgIpc) is 3.20. The zero-order valence-electron chi connectivity index (χ0n) is 15.0. The van der Waals surface area contributed by atoms with Crippen molar-refractivity contribution >= 4 is 5.97 Å². The Bertz CT molecular complexity index is 905. The van der Waals surface area contributed by atoms with E-state index in [2.05, 4.69) is 5.16 Å². The van der Waals surface area contributed by atoms with Crippen molar-refractivity contribution in [3.63, 3.8) is 0 Å². The Morgan fingerprint density at radius 2 is 1.67 bits per heavy atom. The van der Waals surface area contributed by atoms with E-state index in [1.165, 1.54) is 0 Å². The summed E-state index contributed by atoms with van der Waals surface area (Å²) in [5, 5.41) is 3.91. The number of aromatic nitrogens is 1. The van der Waals surface area contributed by atoms with E-state index in [0.29, 0.717) is 28.7 Å². The largest absolute Gasteiger partial charge is 0.497 e. The highest BCUT2D eigenvalue weighted by molar-refractivity contribution is 5.71. The minimum Gasteiger partial charge on any atom is -0.497 e. The van der Waals surface area contributed by atoms with Gasteiger partial charge in [0.15, 0.2) is 12.4 Å². The van der Waals surface area contributed by atoms with Crippen molar-refractivity contribution in [2.45, 2.75) is 6.61 Å². The predicted molar refractivity (Wildman–Crippen MR) is 96.8 cm³/mol. The number of methoxy groups -OCH3 is 2. The molecule has 0 saturated heterocycles. The summed E-state index contributed by atoms with van der Waals surface area (Å²) in [4.78, 5) is 11.9. The Hall–Kier alpha value is -3.48. The number of carbonyl (C=O) groups is 1. The summed E-state index contributed by atoms with van der Waals surface area (Å²) in [7, 11) is 3.16. The second-order valence-electron chi connectivity index (χ2n) is 5.54. The lowest BCUT2D eigenvalue weighted by Crippen LogP contribution is -2.14. The van der Waals surface area contributed by atoms with Crippen LogP contribution in [0.25, 0.3) is 11.3 Å². The summed E-state index contributed by atoms with van der Waals surface area (Å²) in [5.41, 5.74) is 1.32. The third-order valence-electron chi connectivity index (χ3n) is 3.69. The molecule has 0 bridgehead atoms. The van der Waals surface area contributed by atoms with Crippen LogP contribution in [0.15, 0.2) is 59.1 Å². The number of benzene rings is 2. The molecule has 3 aromatic rings. The van der Waals surface area contributed by atoms with Crippen molar-refractivity contribution in [2.24, 2.45) is 0 Å². The molecule has 3 rings (SSSR count). The van der Waals surface area contributed by atoms with Crippen molar-refractivity contribution in [1.82, 2.24) is 5.16 Å². The van der Waals surface area contributed by atoms with Crippen LogP contribution in [-0.2, 0) is 16.1 Å². The smallest absolute Gasteiger partial charge is 0.344 e. The normalized spacial score (nSPS) is 10.3. The maximum Gasteiger partial charge on any atom is 0.344 e. The van der Waals surface area contributed by atoms with E-state index in [9.17, 15) is 4.79 Å². The van der Waals surface area contributed by atoms with Crippen LogP contribution in [0.5, 0.6) is 17.2 Å². The zero-order chi connectivity index (χ0) is 19.1. The third kappa shape index (κ3) is 5.01. The van der Waals surface area contributed by atoms with E-state index >= 15 is 0 Å². The molecule has 27 heavy (non-hydrogen) atoms. The van der Waals surface area contributed by atoms with Gasteiger partial charge in [-0.15, -0.1) is 0 Å². The zero-order valence-corrected chi connectivity index (χ0v) is 15.0. The van der Waals surface area contributed by atoms with Crippen molar-refractivity contribution in [1.29, 1.82) is 0 Å². The third-order valence-corrected chi connectivity index (χ3v) is 3.69. The number of hydrogen-bond acceptors (Lipinski definition) is 7. The van der Waals surface area contributed by atoms with Crippen molar-refractivity contribution < 1.29 is 28.3 Å². The molecule has 0 aliphatic rings. The van der Waals surface area contributed by atoms with Gasteiger partial charge in [0.05, 0.1) is 14.2 Å². The highest BCUT2D eigenvalue weighted by Crippen LogP contribution is 2.24. The molecule has 0 fully saturated rings. The maximum absolute atomic E-state index is 11.9. The molecule has 0 aliphatic heterocycles. The molecule has 1 aromatic heterocycles. The first-order chi connectivity index (χ1) is 13.2. The van der Waals surface area contributed by atoms with Gasteiger partial charge in [-0.25, -0.2) is 4.79 Å². The molecule has 0 spiro atoms. The highest BCUT2D eigenvalue weighted by atomic mass is 16.6. The van der Waals surface area contributed by atoms with Gasteiger partial charge in [0.1, 0.15) is 29.5 Å². The Morgan fingerprint density at radius 3 is 2.44 bits per heavy atom. The first kappa shape index (κ1) is 18.3. The summed E-state index contributed by atoms with van der Waals surface area (Å²) >= 11 is 0. The van der Waals surface area contributed by atoms with Crippen LogP contribution in [0.1, 0.15) is 5.69 Å². The lowest BCUT2D eigenvalue weighted by atomic mass is 10.1. The first-order valence-corrected chi connectivity index (χ1v) is 8.20. The number of nitrogens with zero attached hydrogens (tertiary/aromatic N) is 1. The van der Waals surface area contributed by atoms with Crippen LogP contribution in [0.2, 0.25) is 0 Å². The predicted octanol–water partition coefficient (Wildman–Crippen LogP) is 3.48. The molecule has 1 heterocycles. The molecule has 0 radical (unpaired) electrons. The van der Waals surface area contributed by atoms with Gasteiger partial charge in [-0.2, -0.15) is 0 Å². The van der Waals surface area contributed by atoms with Gasteiger partial charge in [0.2, 0.25) is 0 Å². The second kappa shape index (κ2) is 8.75. The van der Waals surface area contributed by atoms with E-state index < -0.39 is 5.97 Å². The van der Waals surface area contributed by atoms with E-state index in [1.54, 1.807) is 44.6 Å². The molecule has 0 unspecified atom stereocenters. The van der Waals surface area contributed by atoms with Crippen LogP contribution in [0.3, 0.4) is 0 Å². The lowest BCUT2D eigenvalue weighted by Gasteiger charge is -2.07. The van der Waals surface area contributed by atoms with Gasteiger partial charge in [-0.1, -0.05) is 23.4 Å². The van der Waals surface area contributed by atoms with Crippen molar-refractivity contribution in [3.8, 4) is 28.6 Å². The van der Waals surface area contributed by atoms with Crippen LogP contribution >= 0.6 is 0 Å². The standard InChI is InChI=1S/C20H19NO6/c1-23-16-6-3-5-14(9-16)19-10-15(21-27-19)12-26-20(22)13-25-18-8-4-7-17(11-18)24-2/h3-11H,12-13H2,1-2H3. The number of carbonyl (C=O) groups excluding carboxylic acids is 1. The molecule has 0 atom stereocenters. The molecule has 7 heteroatoms. The summed E-state index contributed by atoms with van der Waals surface area (Å²) in [5.74, 6) is 1.93. The molecule has 140 valence electrons. The summed E-state index contributed by atoms with van der Waals surface area (Å²) in [6, 6.07) is 16.1. The summed E-state index contributed by atoms with van der Waals surface area (Å²) < 4.78 is 26.1. The topological polar surface area (TPSA) is 80.0 Å². The summed E-state index contributed by atoms with van der Waals surface area (Å²) in [6.07, 6.45) is 0. The fourth-order valence-electron chi connectivity index (χ4n) is 2.32. The summed E-state index contributed by atoms with van der Waals surface area (Å²) in [6.45, 7) is -0.221. The van der Waals surface area contributed by atoms with Gasteiger partial charge in [0.25, 0.3) is 0 Å². The van der Waals surface area contributed by atoms with E-state index in [0.717, 1.165) is 5.56 Å². The molecule has 0 saturated carbocycles. The molecular weight excluding hydrogens is 350 g/mol. The molecule has 7 nitrogen and oxygen atoms in total. The minimum atomic E-state index is -0.510. The number of esters is 1. The van der Waals surface area contributed by atoms with Gasteiger partial charge >= 0.3 is 5.97 Å². The quantitative estimate of drug-likeness (QED) is 0.562. The Labute approximate surface area is 156 Å². The first-order valence-electron chi connectivity index (χ1n) is 8.20. The minimum absolute atomic E-state index is 0.00618. The monoisotopic (exact) mass is 369 g/mol. The lowest BCUT2D eigenvalue weighted by molar-refractivity contribution is -0.147. The number of ether oxygens (including phenoxy) is 4. The molecule has 0 amide bonds. The van der Waals surface area contributed by atoms with E-state index in [4.69, 9.17) is 23.5 Å². The SMILES string of the molecule is COc1cccc(OCC(=O)OCc2cc(-c3cccc(OC)c3)on2)c1. The van der Waals surface area contributed by atoms with Gasteiger partial charge in [-0.05, 0) is 24.3 Å². The van der Waals surface area contributed by atoms with Gasteiger partial charge in [0, 0.05) is 17.7 Å². The molecule has 0 N–H and O–H groups in total. The average molecular weight is 369 g/mol. The fourth-order valence-corrected chi connectivity index (χ4v) is 2.32. The van der Waals surface area contributed by atoms with Gasteiger partial charge in [-0.3, -0.25) is 0 Å². The van der Waals surface area contributed by atoms with E-state index in [-0.39, 0.29) is 13.2 Å². The van der Waals surface area contributed by atoms with Crippen molar-refractivity contribution in [3.05, 3.63) is 60.3 Å². The number of hydrogen-bond donors (Lipinski definition) is 0. The Morgan fingerprint density at radius 1 is 0.963 bits per heavy atom. The van der Waals surface area contributed by atoms with Gasteiger partial charge < -0.3 is 23.5 Å².